The van der Waals surface area contributed by atoms with Crippen molar-refractivity contribution in [2.24, 2.45) is 11.8 Å². The Morgan fingerprint density at radius 2 is 2.03 bits per heavy atom. The quantitative estimate of drug-likeness (QED) is 0.506. The van der Waals surface area contributed by atoms with E-state index in [1.165, 1.54) is 23.3 Å². The first-order chi connectivity index (χ1) is 16.1. The molecular formula is C25H35N3O4S. The zero-order valence-electron chi connectivity index (χ0n) is 19.2. The third-order valence-corrected chi connectivity index (χ3v) is 8.38. The Bertz CT molecular complexity index is 856. The van der Waals surface area contributed by atoms with Crippen LogP contribution < -0.4 is 5.32 Å². The Morgan fingerprint density at radius 3 is 2.76 bits per heavy atom. The first-order valence-corrected chi connectivity index (χ1v) is 13.1. The third-order valence-electron chi connectivity index (χ3n) is 7.52. The molecule has 8 heteroatoms. The van der Waals surface area contributed by atoms with Gasteiger partial charge in [-0.15, -0.1) is 11.3 Å². The maximum absolute atomic E-state index is 13.4. The van der Waals surface area contributed by atoms with Crippen LogP contribution in [-0.2, 0) is 20.9 Å². The first-order valence-electron chi connectivity index (χ1n) is 12.2. The molecule has 0 spiro atoms. The number of carbonyl (C=O) groups excluding carboxylic acids is 2. The molecule has 4 atom stereocenters. The lowest BCUT2D eigenvalue weighted by molar-refractivity contribution is -0.160. The summed E-state index contributed by atoms with van der Waals surface area (Å²) in [7, 11) is 0. The average molecular weight is 474 g/mol. The number of likely N-dealkylation sites (tertiary alicyclic amines) is 1. The molecule has 1 aromatic rings. The Kier molecular flexibility index (Phi) is 8.20. The fraction of sp³-hybridized carbons (Fsp3) is 0.640. The van der Waals surface area contributed by atoms with E-state index < -0.39 is 0 Å². The van der Waals surface area contributed by atoms with Crippen molar-refractivity contribution in [1.82, 2.24) is 15.1 Å². The van der Waals surface area contributed by atoms with Crippen LogP contribution in [0, 0.1) is 11.8 Å². The molecule has 4 aliphatic rings. The minimum absolute atomic E-state index is 0.0724. The van der Waals surface area contributed by atoms with Crippen LogP contribution in [0.15, 0.2) is 29.2 Å². The molecule has 2 bridgehead atoms. The number of amides is 2. The number of rotatable bonds is 5. The predicted molar refractivity (Wildman–Crippen MR) is 128 cm³/mol. The van der Waals surface area contributed by atoms with Gasteiger partial charge in [0.1, 0.15) is 6.04 Å². The van der Waals surface area contributed by atoms with E-state index >= 15 is 0 Å². The van der Waals surface area contributed by atoms with E-state index in [9.17, 15) is 9.59 Å². The molecule has 3 saturated heterocycles. The van der Waals surface area contributed by atoms with Crippen molar-refractivity contribution in [3.63, 3.8) is 0 Å². The standard InChI is InChI=1S/C24H33N3O2S.CH2O2/c28-22-10-4-9-21-18-12-19(15-26(14-18)16-20-8-5-11-30-20)23(27(21)22)24(29)25-13-17-6-2-1-3-7-17;2-1-3/h5-6,8,11,18-19,21,23H,1-4,7,9-10,12-16H2,(H,25,29);1H,(H,2,3)/t18-,19+,21+,23-;/m1./s1. The van der Waals surface area contributed by atoms with Gasteiger partial charge in [-0.3, -0.25) is 19.3 Å². The highest BCUT2D eigenvalue weighted by Gasteiger charge is 2.51. The lowest BCUT2D eigenvalue weighted by Crippen LogP contribution is -2.68. The number of piperidine rings is 3. The van der Waals surface area contributed by atoms with Crippen molar-refractivity contribution in [2.75, 3.05) is 19.6 Å². The summed E-state index contributed by atoms with van der Waals surface area (Å²) >= 11 is 1.81. The fourth-order valence-electron chi connectivity index (χ4n) is 6.21. The largest absolute Gasteiger partial charge is 0.483 e. The van der Waals surface area contributed by atoms with Gasteiger partial charge in [-0.2, -0.15) is 0 Å². The maximum atomic E-state index is 13.4. The van der Waals surface area contributed by atoms with E-state index in [2.05, 4.69) is 33.8 Å². The molecule has 2 N–H and O–H groups in total. The van der Waals surface area contributed by atoms with Gasteiger partial charge in [0.25, 0.3) is 6.47 Å². The second-order valence-electron chi connectivity index (χ2n) is 9.67. The predicted octanol–water partition coefficient (Wildman–Crippen LogP) is 3.27. The summed E-state index contributed by atoms with van der Waals surface area (Å²) in [5.41, 5.74) is 1.35. The molecule has 1 aromatic heterocycles. The van der Waals surface area contributed by atoms with Gasteiger partial charge in [0.15, 0.2) is 0 Å². The van der Waals surface area contributed by atoms with Gasteiger partial charge in [-0.05, 0) is 62.3 Å². The van der Waals surface area contributed by atoms with Crippen LogP contribution in [0.5, 0.6) is 0 Å². The summed E-state index contributed by atoms with van der Waals surface area (Å²) in [5.74, 6) is 1.01. The number of carbonyl (C=O) groups is 3. The Morgan fingerprint density at radius 1 is 1.21 bits per heavy atom. The van der Waals surface area contributed by atoms with E-state index in [1.807, 2.05) is 16.2 Å². The van der Waals surface area contributed by atoms with Crippen molar-refractivity contribution in [3.05, 3.63) is 34.0 Å². The second kappa shape index (κ2) is 11.3. The molecule has 1 aliphatic carbocycles. The minimum Gasteiger partial charge on any atom is -0.483 e. The molecule has 180 valence electrons. The normalized spacial score (nSPS) is 29.3. The van der Waals surface area contributed by atoms with E-state index in [0.29, 0.717) is 18.9 Å². The van der Waals surface area contributed by atoms with Crippen LogP contribution in [0.4, 0.5) is 0 Å². The topological polar surface area (TPSA) is 90.0 Å². The van der Waals surface area contributed by atoms with E-state index in [4.69, 9.17) is 9.90 Å². The summed E-state index contributed by atoms with van der Waals surface area (Å²) in [5, 5.41) is 12.2. The first kappa shape index (κ1) is 24.0. The molecular weight excluding hydrogens is 438 g/mol. The second-order valence-corrected chi connectivity index (χ2v) is 10.7. The number of carboxylic acid groups (broad SMARTS) is 1. The summed E-state index contributed by atoms with van der Waals surface area (Å²) in [4.78, 5) is 40.7. The summed E-state index contributed by atoms with van der Waals surface area (Å²) in [6.45, 7) is 3.32. The molecule has 2 amide bonds. The highest BCUT2D eigenvalue weighted by atomic mass is 32.1. The van der Waals surface area contributed by atoms with Gasteiger partial charge >= 0.3 is 0 Å². The smallest absolute Gasteiger partial charge is 0.290 e. The molecule has 3 aliphatic heterocycles. The van der Waals surface area contributed by atoms with Gasteiger partial charge in [-0.25, -0.2) is 0 Å². The Labute approximate surface area is 199 Å². The highest BCUT2D eigenvalue weighted by Crippen LogP contribution is 2.42. The molecule has 33 heavy (non-hydrogen) atoms. The number of nitrogens with zero attached hydrogens (tertiary/aromatic N) is 2. The number of hydrogen-bond acceptors (Lipinski definition) is 5. The van der Waals surface area contributed by atoms with Crippen LogP contribution >= 0.6 is 11.3 Å². The monoisotopic (exact) mass is 473 g/mol. The van der Waals surface area contributed by atoms with Crippen molar-refractivity contribution in [1.29, 1.82) is 0 Å². The minimum atomic E-state index is -0.297. The maximum Gasteiger partial charge on any atom is 0.290 e. The van der Waals surface area contributed by atoms with Crippen molar-refractivity contribution < 1.29 is 19.5 Å². The van der Waals surface area contributed by atoms with E-state index in [-0.39, 0.29) is 36.3 Å². The molecule has 7 nitrogen and oxygen atoms in total. The zero-order valence-corrected chi connectivity index (χ0v) is 20.0. The molecule has 0 aromatic carbocycles. The van der Waals surface area contributed by atoms with Gasteiger partial charge in [0.05, 0.1) is 0 Å². The van der Waals surface area contributed by atoms with E-state index in [0.717, 1.165) is 51.7 Å². The van der Waals surface area contributed by atoms with E-state index in [1.54, 1.807) is 0 Å². The van der Waals surface area contributed by atoms with Crippen molar-refractivity contribution in [2.45, 2.75) is 70.0 Å². The highest BCUT2D eigenvalue weighted by molar-refractivity contribution is 7.09. The van der Waals surface area contributed by atoms with Crippen LogP contribution in [0.2, 0.25) is 0 Å². The zero-order chi connectivity index (χ0) is 23.2. The van der Waals surface area contributed by atoms with Gasteiger partial charge < -0.3 is 15.3 Å². The van der Waals surface area contributed by atoms with Gasteiger partial charge in [0.2, 0.25) is 11.8 Å². The Balaban J connectivity index is 0.000000821. The summed E-state index contributed by atoms with van der Waals surface area (Å²) in [6, 6.07) is 4.25. The van der Waals surface area contributed by atoms with Crippen LogP contribution in [-0.4, -0.2) is 64.9 Å². The number of hydrogen-bond donors (Lipinski definition) is 2. The lowest BCUT2D eigenvalue weighted by Gasteiger charge is -2.55. The number of thiophene rings is 1. The molecule has 5 rings (SSSR count). The lowest BCUT2D eigenvalue weighted by atomic mass is 9.71. The van der Waals surface area contributed by atoms with Crippen LogP contribution in [0.25, 0.3) is 0 Å². The van der Waals surface area contributed by atoms with Crippen LogP contribution in [0.1, 0.15) is 56.2 Å². The molecule has 0 radical (unpaired) electrons. The SMILES string of the molecule is O=C(NCC1=CCCCC1)[C@H]1[C@H]2C[C@H](CN(Cc3cccs3)C2)[C@@H]2CCCC(=O)N21.O=CO. The third kappa shape index (κ3) is 5.66. The Hall–Kier alpha value is -2.19. The number of allylic oxidation sites excluding steroid dienone is 1. The summed E-state index contributed by atoms with van der Waals surface area (Å²) in [6.07, 6.45) is 10.7. The van der Waals surface area contributed by atoms with Crippen molar-refractivity contribution >= 4 is 29.6 Å². The number of fused-ring (bicyclic) bond motifs is 4. The van der Waals surface area contributed by atoms with Gasteiger partial charge in [-0.1, -0.05) is 17.7 Å². The van der Waals surface area contributed by atoms with Crippen molar-refractivity contribution in [3.8, 4) is 0 Å². The van der Waals surface area contributed by atoms with Gasteiger partial charge in [0, 0.05) is 49.4 Å². The molecule has 4 heterocycles. The number of nitrogens with one attached hydrogen (secondary N) is 1. The van der Waals surface area contributed by atoms with Crippen LogP contribution in [0.3, 0.4) is 0 Å². The average Bonchev–Trinajstić information content (AvgIpc) is 3.32. The fourth-order valence-corrected chi connectivity index (χ4v) is 6.96. The molecule has 0 unspecified atom stereocenters. The molecule has 3 fully saturated rings. The molecule has 0 saturated carbocycles. The summed E-state index contributed by atoms with van der Waals surface area (Å²) < 4.78 is 0.